The lowest BCUT2D eigenvalue weighted by Gasteiger charge is -2.37. The Morgan fingerprint density at radius 3 is 2.69 bits per heavy atom. The van der Waals surface area contributed by atoms with Gasteiger partial charge in [0.2, 0.25) is 0 Å². The highest BCUT2D eigenvalue weighted by atomic mass is 16.5. The van der Waals surface area contributed by atoms with Gasteiger partial charge in [-0.15, -0.1) is 10.2 Å². The molecule has 0 spiro atoms. The highest BCUT2D eigenvalue weighted by Crippen LogP contribution is 2.21. The molecule has 0 radical (unpaired) electrons. The summed E-state index contributed by atoms with van der Waals surface area (Å²) in [5.41, 5.74) is 0. The van der Waals surface area contributed by atoms with Gasteiger partial charge in [0.05, 0.1) is 13.2 Å². The summed E-state index contributed by atoms with van der Waals surface area (Å²) in [5.74, 6) is 3.53. The van der Waals surface area contributed by atoms with Crippen molar-refractivity contribution in [2.75, 3.05) is 59.0 Å². The van der Waals surface area contributed by atoms with E-state index >= 15 is 0 Å². The molecule has 2 fully saturated rings. The average molecular weight is 406 g/mol. The number of ether oxygens (including phenoxy) is 1. The van der Waals surface area contributed by atoms with Crippen molar-refractivity contribution in [2.24, 2.45) is 16.8 Å². The number of rotatable bonds is 8. The fourth-order valence-electron chi connectivity index (χ4n) is 4.44. The molecular formula is C21H39N7O. The monoisotopic (exact) mass is 405 g/mol. The Balaban J connectivity index is 1.53. The van der Waals surface area contributed by atoms with Gasteiger partial charge in [-0.25, -0.2) is 0 Å². The standard InChI is InChI=1S/C21H39N7O/c1-4-20-25-24-17-27(20)9-7-23-21(28-15-18(2)14-19(3)16-28)22-6-5-8-26-10-12-29-13-11-26/h17-19H,4-16H2,1-3H3,(H,22,23). The van der Waals surface area contributed by atoms with Gasteiger partial charge in [0, 0.05) is 58.8 Å². The third-order valence-corrected chi connectivity index (χ3v) is 5.81. The molecule has 2 saturated heterocycles. The van der Waals surface area contributed by atoms with Crippen LogP contribution in [0.4, 0.5) is 0 Å². The number of morpholine rings is 1. The van der Waals surface area contributed by atoms with E-state index in [-0.39, 0.29) is 0 Å². The van der Waals surface area contributed by atoms with Crippen LogP contribution in [0.1, 0.15) is 39.4 Å². The minimum absolute atomic E-state index is 0.712. The SMILES string of the molecule is CCc1nncn1CCNC(=NCCCN1CCOCC1)N1CC(C)CC(C)C1. The Bertz CT molecular complexity index is 616. The number of likely N-dealkylation sites (tertiary alicyclic amines) is 1. The van der Waals surface area contributed by atoms with Gasteiger partial charge in [-0.05, 0) is 24.7 Å². The first-order valence-corrected chi connectivity index (χ1v) is 11.4. The van der Waals surface area contributed by atoms with E-state index < -0.39 is 0 Å². The zero-order chi connectivity index (χ0) is 20.5. The summed E-state index contributed by atoms with van der Waals surface area (Å²) < 4.78 is 7.57. The number of nitrogens with one attached hydrogen (secondary N) is 1. The molecule has 2 unspecified atom stereocenters. The molecule has 2 atom stereocenters. The van der Waals surface area contributed by atoms with Gasteiger partial charge in [0.25, 0.3) is 0 Å². The summed E-state index contributed by atoms with van der Waals surface area (Å²) in [6.45, 7) is 16.5. The molecule has 8 heteroatoms. The maximum Gasteiger partial charge on any atom is 0.194 e. The molecule has 164 valence electrons. The molecule has 2 aliphatic rings. The van der Waals surface area contributed by atoms with Gasteiger partial charge in [-0.3, -0.25) is 9.89 Å². The highest BCUT2D eigenvalue weighted by Gasteiger charge is 2.24. The third-order valence-electron chi connectivity index (χ3n) is 5.81. The van der Waals surface area contributed by atoms with Crippen LogP contribution in [0.25, 0.3) is 0 Å². The number of aliphatic imine (C=N–C) groups is 1. The number of guanidine groups is 1. The number of piperidine rings is 1. The van der Waals surface area contributed by atoms with Crippen LogP contribution >= 0.6 is 0 Å². The number of hydrogen-bond donors (Lipinski definition) is 1. The second-order valence-corrected chi connectivity index (χ2v) is 8.58. The lowest BCUT2D eigenvalue weighted by molar-refractivity contribution is 0.0377. The van der Waals surface area contributed by atoms with E-state index in [1.807, 2.05) is 6.33 Å². The molecule has 0 aliphatic carbocycles. The van der Waals surface area contributed by atoms with Gasteiger partial charge >= 0.3 is 0 Å². The van der Waals surface area contributed by atoms with E-state index in [9.17, 15) is 0 Å². The van der Waals surface area contributed by atoms with Crippen LogP contribution in [-0.2, 0) is 17.7 Å². The van der Waals surface area contributed by atoms with Crippen LogP contribution in [0.5, 0.6) is 0 Å². The molecule has 1 aromatic heterocycles. The van der Waals surface area contributed by atoms with Crippen LogP contribution in [0, 0.1) is 11.8 Å². The molecule has 1 N–H and O–H groups in total. The first-order valence-electron chi connectivity index (χ1n) is 11.4. The molecular weight excluding hydrogens is 366 g/mol. The summed E-state index contributed by atoms with van der Waals surface area (Å²) in [7, 11) is 0. The van der Waals surface area contributed by atoms with Gasteiger partial charge in [-0.1, -0.05) is 20.8 Å². The first kappa shape index (κ1) is 22.0. The van der Waals surface area contributed by atoms with Crippen molar-refractivity contribution in [3.05, 3.63) is 12.2 Å². The lowest BCUT2D eigenvalue weighted by atomic mass is 9.92. The molecule has 0 amide bonds. The van der Waals surface area contributed by atoms with Crippen LogP contribution in [-0.4, -0.2) is 89.6 Å². The zero-order valence-electron chi connectivity index (χ0n) is 18.5. The van der Waals surface area contributed by atoms with Gasteiger partial charge in [0.15, 0.2) is 5.96 Å². The van der Waals surface area contributed by atoms with Crippen LogP contribution < -0.4 is 5.32 Å². The zero-order valence-corrected chi connectivity index (χ0v) is 18.5. The van der Waals surface area contributed by atoms with E-state index in [2.05, 4.69) is 50.7 Å². The Hall–Kier alpha value is -1.67. The Morgan fingerprint density at radius 1 is 1.21 bits per heavy atom. The summed E-state index contributed by atoms with van der Waals surface area (Å²) >= 11 is 0. The number of aromatic nitrogens is 3. The molecule has 3 rings (SSSR count). The van der Waals surface area contributed by atoms with Gasteiger partial charge < -0.3 is 19.5 Å². The quantitative estimate of drug-likeness (QED) is 0.401. The fraction of sp³-hybridized carbons (Fsp3) is 0.857. The van der Waals surface area contributed by atoms with E-state index in [1.54, 1.807) is 0 Å². The van der Waals surface area contributed by atoms with E-state index in [0.717, 1.165) is 90.2 Å². The van der Waals surface area contributed by atoms with Crippen LogP contribution in [0.15, 0.2) is 11.3 Å². The number of nitrogens with zero attached hydrogens (tertiary/aromatic N) is 6. The summed E-state index contributed by atoms with van der Waals surface area (Å²) in [6.07, 6.45) is 5.13. The Morgan fingerprint density at radius 2 is 1.97 bits per heavy atom. The molecule has 29 heavy (non-hydrogen) atoms. The predicted molar refractivity (Wildman–Crippen MR) is 116 cm³/mol. The van der Waals surface area contributed by atoms with E-state index in [1.165, 1.54) is 6.42 Å². The molecule has 3 heterocycles. The van der Waals surface area contributed by atoms with Crippen LogP contribution in [0.2, 0.25) is 0 Å². The number of hydrogen-bond acceptors (Lipinski definition) is 5. The van der Waals surface area contributed by atoms with Crippen molar-refractivity contribution in [3.8, 4) is 0 Å². The molecule has 0 saturated carbocycles. The summed E-state index contributed by atoms with van der Waals surface area (Å²) in [4.78, 5) is 9.94. The second-order valence-electron chi connectivity index (χ2n) is 8.58. The largest absolute Gasteiger partial charge is 0.379 e. The van der Waals surface area contributed by atoms with Crippen molar-refractivity contribution in [1.82, 2.24) is 29.9 Å². The summed E-state index contributed by atoms with van der Waals surface area (Å²) in [6, 6.07) is 0. The smallest absolute Gasteiger partial charge is 0.194 e. The lowest BCUT2D eigenvalue weighted by Crippen LogP contribution is -2.49. The first-order chi connectivity index (χ1) is 14.2. The van der Waals surface area contributed by atoms with E-state index in [0.29, 0.717) is 11.8 Å². The second kappa shape index (κ2) is 11.5. The van der Waals surface area contributed by atoms with Crippen molar-refractivity contribution in [2.45, 2.75) is 46.6 Å². The van der Waals surface area contributed by atoms with Crippen LogP contribution in [0.3, 0.4) is 0 Å². The molecule has 2 aliphatic heterocycles. The van der Waals surface area contributed by atoms with Crippen molar-refractivity contribution >= 4 is 5.96 Å². The number of aryl methyl sites for hydroxylation is 1. The normalized spacial score (nSPS) is 24.1. The maximum atomic E-state index is 5.44. The third kappa shape index (κ3) is 6.96. The van der Waals surface area contributed by atoms with Gasteiger partial charge in [-0.2, -0.15) is 0 Å². The maximum absolute atomic E-state index is 5.44. The minimum Gasteiger partial charge on any atom is -0.379 e. The molecule has 8 nitrogen and oxygen atoms in total. The fourth-order valence-corrected chi connectivity index (χ4v) is 4.44. The summed E-state index contributed by atoms with van der Waals surface area (Å²) in [5, 5.41) is 11.8. The van der Waals surface area contributed by atoms with Crippen molar-refractivity contribution in [3.63, 3.8) is 0 Å². The average Bonchev–Trinajstić information content (AvgIpc) is 3.17. The van der Waals surface area contributed by atoms with Crippen molar-refractivity contribution in [1.29, 1.82) is 0 Å². The molecule has 0 bridgehead atoms. The Kier molecular flexibility index (Phi) is 8.73. The predicted octanol–water partition coefficient (Wildman–Crippen LogP) is 1.49. The minimum atomic E-state index is 0.712. The highest BCUT2D eigenvalue weighted by molar-refractivity contribution is 5.80. The molecule has 0 aromatic carbocycles. The van der Waals surface area contributed by atoms with E-state index in [4.69, 9.17) is 9.73 Å². The van der Waals surface area contributed by atoms with Gasteiger partial charge in [0.1, 0.15) is 12.2 Å². The Labute approximate surface area is 175 Å². The molecule has 1 aromatic rings. The van der Waals surface area contributed by atoms with Crippen molar-refractivity contribution < 1.29 is 4.74 Å². The topological polar surface area (TPSA) is 70.8 Å².